The van der Waals surface area contributed by atoms with Gasteiger partial charge in [-0.2, -0.15) is 0 Å². The molecule has 0 saturated heterocycles. The van der Waals surface area contributed by atoms with Crippen molar-refractivity contribution < 1.29 is 18.7 Å². The average Bonchev–Trinajstić information content (AvgIpc) is 3.11. The van der Waals surface area contributed by atoms with Gasteiger partial charge in [0.1, 0.15) is 16.4 Å². The second-order valence-electron chi connectivity index (χ2n) is 5.73. The first-order chi connectivity index (χ1) is 13.5. The number of ether oxygens (including phenoxy) is 1. The quantitative estimate of drug-likeness (QED) is 0.433. The van der Waals surface area contributed by atoms with Crippen molar-refractivity contribution in [3.8, 4) is 11.1 Å². The fourth-order valence-corrected chi connectivity index (χ4v) is 3.58. The van der Waals surface area contributed by atoms with E-state index in [1.54, 1.807) is 47.9 Å². The largest absolute Gasteiger partial charge is 0.465 e. The van der Waals surface area contributed by atoms with Gasteiger partial charge in [0.25, 0.3) is 0 Å². The van der Waals surface area contributed by atoms with Crippen molar-refractivity contribution in [2.45, 2.75) is 0 Å². The second-order valence-corrected chi connectivity index (χ2v) is 7.04. The van der Waals surface area contributed by atoms with Crippen molar-refractivity contribution in [2.75, 3.05) is 12.4 Å². The van der Waals surface area contributed by atoms with E-state index in [4.69, 9.17) is 16.3 Å². The minimum atomic E-state index is -0.552. The van der Waals surface area contributed by atoms with Crippen LogP contribution in [0, 0.1) is 5.82 Å². The van der Waals surface area contributed by atoms with E-state index in [0.717, 1.165) is 5.56 Å². The fraction of sp³-hybridized carbons (Fsp3) is 0.0476. The molecule has 0 unspecified atom stereocenters. The number of nitrogens with one attached hydrogen (secondary N) is 1. The SMILES string of the molecule is COC(=O)c1c(-c2ccc(Cl)cc2)csc1NC(=O)C=Cc1ccc(F)cc1. The zero-order valence-corrected chi connectivity index (χ0v) is 16.3. The Hall–Kier alpha value is -2.96. The fourth-order valence-electron chi connectivity index (χ4n) is 2.50. The van der Waals surface area contributed by atoms with Gasteiger partial charge in [0.05, 0.1) is 7.11 Å². The van der Waals surface area contributed by atoms with Crippen molar-refractivity contribution in [2.24, 2.45) is 0 Å². The number of esters is 1. The zero-order valence-electron chi connectivity index (χ0n) is 14.7. The molecule has 0 aliphatic carbocycles. The molecule has 28 heavy (non-hydrogen) atoms. The molecule has 0 radical (unpaired) electrons. The van der Waals surface area contributed by atoms with E-state index in [-0.39, 0.29) is 11.4 Å². The molecule has 1 heterocycles. The number of rotatable bonds is 5. The highest BCUT2D eigenvalue weighted by molar-refractivity contribution is 7.15. The lowest BCUT2D eigenvalue weighted by molar-refractivity contribution is -0.111. The van der Waals surface area contributed by atoms with Crippen LogP contribution in [0.5, 0.6) is 0 Å². The van der Waals surface area contributed by atoms with Gasteiger partial charge in [-0.15, -0.1) is 11.3 Å². The number of hydrogen-bond acceptors (Lipinski definition) is 4. The van der Waals surface area contributed by atoms with Crippen molar-refractivity contribution in [1.29, 1.82) is 0 Å². The van der Waals surface area contributed by atoms with E-state index in [1.807, 2.05) is 0 Å². The van der Waals surface area contributed by atoms with Gasteiger partial charge in [-0.05, 0) is 41.5 Å². The van der Waals surface area contributed by atoms with Gasteiger partial charge in [-0.1, -0.05) is 35.9 Å². The molecular formula is C21H15ClFNO3S. The van der Waals surface area contributed by atoms with E-state index in [9.17, 15) is 14.0 Å². The first-order valence-corrected chi connectivity index (χ1v) is 9.44. The number of carbonyl (C=O) groups excluding carboxylic acids is 2. The maximum atomic E-state index is 12.9. The molecule has 2 aromatic carbocycles. The van der Waals surface area contributed by atoms with Gasteiger partial charge >= 0.3 is 5.97 Å². The number of carbonyl (C=O) groups is 2. The van der Waals surface area contributed by atoms with Crippen LogP contribution in [0.3, 0.4) is 0 Å². The summed E-state index contributed by atoms with van der Waals surface area (Å²) in [5, 5.41) is 5.44. The summed E-state index contributed by atoms with van der Waals surface area (Å²) < 4.78 is 17.8. The van der Waals surface area contributed by atoms with E-state index in [1.165, 1.54) is 36.7 Å². The maximum Gasteiger partial charge on any atom is 0.341 e. The smallest absolute Gasteiger partial charge is 0.341 e. The van der Waals surface area contributed by atoms with Crippen LogP contribution in [0.15, 0.2) is 60.0 Å². The standard InChI is InChI=1S/C21H15ClFNO3S/c1-27-21(26)19-17(14-5-7-15(22)8-6-14)12-28-20(19)24-18(25)11-4-13-2-9-16(23)10-3-13/h2-12H,1H3,(H,24,25). The third-order valence-electron chi connectivity index (χ3n) is 3.87. The first kappa shape index (κ1) is 19.8. The Morgan fingerprint density at radius 3 is 2.43 bits per heavy atom. The molecule has 0 bridgehead atoms. The van der Waals surface area contributed by atoms with Gasteiger partial charge in [0.15, 0.2) is 0 Å². The molecule has 0 aliphatic rings. The van der Waals surface area contributed by atoms with E-state index in [0.29, 0.717) is 21.2 Å². The molecule has 1 N–H and O–H groups in total. The summed E-state index contributed by atoms with van der Waals surface area (Å²) >= 11 is 7.14. The Bertz CT molecular complexity index is 1030. The van der Waals surface area contributed by atoms with Gasteiger partial charge < -0.3 is 10.1 Å². The molecule has 1 amide bonds. The number of anilines is 1. The molecule has 1 aromatic heterocycles. The van der Waals surface area contributed by atoms with Crippen LogP contribution in [-0.4, -0.2) is 19.0 Å². The van der Waals surface area contributed by atoms with Crippen LogP contribution < -0.4 is 5.32 Å². The lowest BCUT2D eigenvalue weighted by atomic mass is 10.0. The third kappa shape index (κ3) is 4.65. The molecule has 0 saturated carbocycles. The minimum absolute atomic E-state index is 0.276. The van der Waals surface area contributed by atoms with Crippen LogP contribution >= 0.6 is 22.9 Å². The summed E-state index contributed by atoms with van der Waals surface area (Å²) in [6.45, 7) is 0. The zero-order chi connectivity index (χ0) is 20.1. The van der Waals surface area contributed by atoms with Crippen molar-refractivity contribution >= 4 is 45.9 Å². The summed E-state index contributed by atoms with van der Waals surface area (Å²) in [5.41, 5.74) is 2.38. The predicted molar refractivity (Wildman–Crippen MR) is 110 cm³/mol. The molecule has 3 rings (SSSR count). The lowest BCUT2D eigenvalue weighted by Crippen LogP contribution is -2.11. The molecule has 0 fully saturated rings. The number of benzene rings is 2. The van der Waals surface area contributed by atoms with Gasteiger partial charge in [-0.25, -0.2) is 9.18 Å². The number of methoxy groups -OCH3 is 1. The Morgan fingerprint density at radius 2 is 1.79 bits per heavy atom. The summed E-state index contributed by atoms with van der Waals surface area (Å²) in [4.78, 5) is 24.6. The first-order valence-electron chi connectivity index (χ1n) is 8.18. The Kier molecular flexibility index (Phi) is 6.23. The molecule has 0 spiro atoms. The number of hydrogen-bond donors (Lipinski definition) is 1. The topological polar surface area (TPSA) is 55.4 Å². The number of halogens is 2. The highest BCUT2D eigenvalue weighted by Crippen LogP contribution is 2.36. The summed E-state index contributed by atoms with van der Waals surface area (Å²) in [7, 11) is 1.28. The molecule has 0 aliphatic heterocycles. The third-order valence-corrected chi connectivity index (χ3v) is 5.02. The molecular weight excluding hydrogens is 401 g/mol. The second kappa shape index (κ2) is 8.82. The summed E-state index contributed by atoms with van der Waals surface area (Å²) in [6.07, 6.45) is 2.87. The van der Waals surface area contributed by atoms with Crippen LogP contribution in [0.4, 0.5) is 9.39 Å². The number of thiophene rings is 1. The van der Waals surface area contributed by atoms with Crippen LogP contribution in [0.2, 0.25) is 5.02 Å². The average molecular weight is 416 g/mol. The van der Waals surface area contributed by atoms with Gasteiger partial charge in [-0.3, -0.25) is 4.79 Å². The van der Waals surface area contributed by atoms with E-state index in [2.05, 4.69) is 5.32 Å². The highest BCUT2D eigenvalue weighted by atomic mass is 35.5. The van der Waals surface area contributed by atoms with Crippen molar-refractivity contribution in [1.82, 2.24) is 0 Å². The summed E-state index contributed by atoms with van der Waals surface area (Å²) in [6, 6.07) is 12.8. The Labute approximate surface area is 170 Å². The lowest BCUT2D eigenvalue weighted by Gasteiger charge is -2.07. The van der Waals surface area contributed by atoms with Crippen LogP contribution in [0.25, 0.3) is 17.2 Å². The number of amides is 1. The van der Waals surface area contributed by atoms with Crippen molar-refractivity contribution in [3.05, 3.63) is 82.0 Å². The van der Waals surface area contributed by atoms with Crippen LogP contribution in [-0.2, 0) is 9.53 Å². The monoisotopic (exact) mass is 415 g/mol. The van der Waals surface area contributed by atoms with Gasteiger partial charge in [0.2, 0.25) is 5.91 Å². The maximum absolute atomic E-state index is 12.9. The highest BCUT2D eigenvalue weighted by Gasteiger charge is 2.21. The Balaban J connectivity index is 1.85. The minimum Gasteiger partial charge on any atom is -0.465 e. The normalized spacial score (nSPS) is 10.8. The molecule has 142 valence electrons. The Morgan fingerprint density at radius 1 is 1.11 bits per heavy atom. The molecule has 0 atom stereocenters. The molecule has 7 heteroatoms. The van der Waals surface area contributed by atoms with E-state index < -0.39 is 11.9 Å². The summed E-state index contributed by atoms with van der Waals surface area (Å²) in [5.74, 6) is -1.32. The predicted octanol–water partition coefficient (Wildman–Crippen LogP) is 5.65. The van der Waals surface area contributed by atoms with Gasteiger partial charge in [0, 0.05) is 22.0 Å². The van der Waals surface area contributed by atoms with Crippen LogP contribution in [0.1, 0.15) is 15.9 Å². The molecule has 4 nitrogen and oxygen atoms in total. The van der Waals surface area contributed by atoms with E-state index >= 15 is 0 Å². The molecule has 3 aromatic rings. The van der Waals surface area contributed by atoms with Crippen molar-refractivity contribution in [3.63, 3.8) is 0 Å².